The number of ether oxygens (including phenoxy) is 1. The molecule has 0 aliphatic rings. The SMILES string of the molecule is CC(C)(C)OC(=O)Nc1ccccc1-c1csc(N)n1. The molecule has 0 aliphatic heterocycles. The largest absolute Gasteiger partial charge is 0.444 e. The number of nitrogens with two attached hydrogens (primary N) is 1. The van der Waals surface area contributed by atoms with Gasteiger partial charge >= 0.3 is 6.09 Å². The second-order valence-electron chi connectivity index (χ2n) is 5.24. The molecule has 20 heavy (non-hydrogen) atoms. The van der Waals surface area contributed by atoms with E-state index in [0.29, 0.717) is 10.8 Å². The molecule has 1 heterocycles. The van der Waals surface area contributed by atoms with Crippen molar-refractivity contribution < 1.29 is 9.53 Å². The lowest BCUT2D eigenvalue weighted by molar-refractivity contribution is 0.0636. The fourth-order valence-electron chi connectivity index (χ4n) is 1.64. The number of nitrogens with zero attached hydrogens (tertiary/aromatic N) is 1. The van der Waals surface area contributed by atoms with Gasteiger partial charge in [-0.2, -0.15) is 0 Å². The highest BCUT2D eigenvalue weighted by molar-refractivity contribution is 7.13. The van der Waals surface area contributed by atoms with Gasteiger partial charge in [0.1, 0.15) is 5.60 Å². The minimum absolute atomic E-state index is 0.492. The molecule has 2 rings (SSSR count). The first kappa shape index (κ1) is 14.3. The number of anilines is 2. The summed E-state index contributed by atoms with van der Waals surface area (Å²) < 4.78 is 5.25. The molecule has 2 aromatic rings. The maximum atomic E-state index is 11.8. The predicted molar refractivity (Wildman–Crippen MR) is 81.8 cm³/mol. The summed E-state index contributed by atoms with van der Waals surface area (Å²) in [5.74, 6) is 0. The van der Waals surface area contributed by atoms with Crippen LogP contribution >= 0.6 is 11.3 Å². The average molecular weight is 291 g/mol. The molecule has 0 aliphatic carbocycles. The summed E-state index contributed by atoms with van der Waals surface area (Å²) in [6.07, 6.45) is -0.492. The fourth-order valence-corrected chi connectivity index (χ4v) is 2.20. The molecule has 0 atom stereocenters. The number of hydrogen-bond donors (Lipinski definition) is 2. The normalized spacial score (nSPS) is 11.2. The van der Waals surface area contributed by atoms with E-state index >= 15 is 0 Å². The molecule has 6 heteroatoms. The fraction of sp³-hybridized carbons (Fsp3) is 0.286. The molecule has 0 bridgehead atoms. The van der Waals surface area contributed by atoms with Gasteiger partial charge in [-0.3, -0.25) is 5.32 Å². The molecular formula is C14H17N3O2S. The van der Waals surface area contributed by atoms with Gasteiger partial charge in [0.15, 0.2) is 5.13 Å². The smallest absolute Gasteiger partial charge is 0.412 e. The molecule has 1 aromatic carbocycles. The zero-order valence-corrected chi connectivity index (χ0v) is 12.5. The molecule has 0 radical (unpaired) electrons. The minimum Gasteiger partial charge on any atom is -0.444 e. The van der Waals surface area contributed by atoms with Crippen LogP contribution in [0.4, 0.5) is 15.6 Å². The van der Waals surface area contributed by atoms with Crippen LogP contribution in [-0.4, -0.2) is 16.7 Å². The highest BCUT2D eigenvalue weighted by atomic mass is 32.1. The van der Waals surface area contributed by atoms with E-state index in [0.717, 1.165) is 11.3 Å². The van der Waals surface area contributed by atoms with Crippen molar-refractivity contribution in [2.24, 2.45) is 0 Å². The maximum absolute atomic E-state index is 11.8. The van der Waals surface area contributed by atoms with E-state index in [4.69, 9.17) is 10.5 Å². The summed E-state index contributed by atoms with van der Waals surface area (Å²) in [5.41, 5.74) is 7.30. The lowest BCUT2D eigenvalue weighted by Crippen LogP contribution is -2.27. The molecule has 5 nitrogen and oxygen atoms in total. The maximum Gasteiger partial charge on any atom is 0.412 e. The summed E-state index contributed by atoms with van der Waals surface area (Å²) in [6.45, 7) is 5.46. The number of thiazole rings is 1. The number of para-hydroxylation sites is 1. The third kappa shape index (κ3) is 3.71. The van der Waals surface area contributed by atoms with E-state index in [-0.39, 0.29) is 0 Å². The number of carbonyl (C=O) groups is 1. The molecule has 1 aromatic heterocycles. The standard InChI is InChI=1S/C14H17N3O2S/c1-14(2,3)19-13(18)17-10-7-5-4-6-9(10)11-8-20-12(15)16-11/h4-8H,1-3H3,(H2,15,16)(H,17,18). The molecule has 0 unspecified atom stereocenters. The number of rotatable bonds is 2. The van der Waals surface area contributed by atoms with E-state index in [2.05, 4.69) is 10.3 Å². The van der Waals surface area contributed by atoms with Crippen LogP contribution in [0.15, 0.2) is 29.6 Å². The quantitative estimate of drug-likeness (QED) is 0.883. The number of aromatic nitrogens is 1. The Hall–Kier alpha value is -2.08. The van der Waals surface area contributed by atoms with Crippen LogP contribution in [-0.2, 0) is 4.74 Å². The van der Waals surface area contributed by atoms with Crippen LogP contribution in [0.25, 0.3) is 11.3 Å². The topological polar surface area (TPSA) is 77.2 Å². The lowest BCUT2D eigenvalue weighted by Gasteiger charge is -2.20. The first-order chi connectivity index (χ1) is 9.35. The van der Waals surface area contributed by atoms with Crippen molar-refractivity contribution in [3.63, 3.8) is 0 Å². The van der Waals surface area contributed by atoms with Gasteiger partial charge in [0.05, 0.1) is 11.4 Å². The van der Waals surface area contributed by atoms with Gasteiger partial charge in [-0.1, -0.05) is 18.2 Å². The molecule has 0 saturated heterocycles. The van der Waals surface area contributed by atoms with E-state index in [9.17, 15) is 4.79 Å². The van der Waals surface area contributed by atoms with Crippen molar-refractivity contribution in [2.75, 3.05) is 11.1 Å². The van der Waals surface area contributed by atoms with E-state index in [1.54, 1.807) is 6.07 Å². The number of nitrogens with one attached hydrogen (secondary N) is 1. The Labute approximate surface area is 121 Å². The number of carbonyl (C=O) groups excluding carboxylic acids is 1. The van der Waals surface area contributed by atoms with Crippen molar-refractivity contribution in [1.82, 2.24) is 4.98 Å². The summed E-state index contributed by atoms with van der Waals surface area (Å²) >= 11 is 1.36. The minimum atomic E-state index is -0.538. The van der Waals surface area contributed by atoms with Gasteiger partial charge in [-0.15, -0.1) is 11.3 Å². The Morgan fingerprint density at radius 3 is 2.65 bits per heavy atom. The molecule has 3 N–H and O–H groups in total. The second-order valence-corrected chi connectivity index (χ2v) is 6.13. The molecule has 1 amide bonds. The Balaban J connectivity index is 2.23. The van der Waals surface area contributed by atoms with Crippen molar-refractivity contribution in [1.29, 1.82) is 0 Å². The van der Waals surface area contributed by atoms with Crippen molar-refractivity contribution >= 4 is 28.2 Å². The first-order valence-corrected chi connectivity index (χ1v) is 7.03. The van der Waals surface area contributed by atoms with Crippen LogP contribution in [0.1, 0.15) is 20.8 Å². The summed E-state index contributed by atoms with van der Waals surface area (Å²) in [5, 5.41) is 5.08. The summed E-state index contributed by atoms with van der Waals surface area (Å²) in [4.78, 5) is 16.1. The van der Waals surface area contributed by atoms with E-state index in [1.165, 1.54) is 11.3 Å². The monoisotopic (exact) mass is 291 g/mol. The third-order valence-electron chi connectivity index (χ3n) is 2.36. The summed E-state index contributed by atoms with van der Waals surface area (Å²) in [6, 6.07) is 7.40. The highest BCUT2D eigenvalue weighted by Crippen LogP contribution is 2.29. The van der Waals surface area contributed by atoms with Crippen LogP contribution < -0.4 is 11.1 Å². The number of hydrogen-bond acceptors (Lipinski definition) is 5. The Bertz CT molecular complexity index is 617. The van der Waals surface area contributed by atoms with Gasteiger partial charge in [-0.25, -0.2) is 9.78 Å². The lowest BCUT2D eigenvalue weighted by atomic mass is 10.1. The zero-order chi connectivity index (χ0) is 14.8. The first-order valence-electron chi connectivity index (χ1n) is 6.15. The van der Waals surface area contributed by atoms with E-state index in [1.807, 2.05) is 44.4 Å². The highest BCUT2D eigenvalue weighted by Gasteiger charge is 2.17. The number of nitrogen functional groups attached to an aromatic ring is 1. The van der Waals surface area contributed by atoms with Crippen molar-refractivity contribution in [3.8, 4) is 11.3 Å². The van der Waals surface area contributed by atoms with Crippen LogP contribution in [0, 0.1) is 0 Å². The number of benzene rings is 1. The molecule has 106 valence electrons. The Morgan fingerprint density at radius 2 is 2.05 bits per heavy atom. The van der Waals surface area contributed by atoms with Crippen molar-refractivity contribution in [3.05, 3.63) is 29.6 Å². The average Bonchev–Trinajstić information content (AvgIpc) is 2.74. The van der Waals surface area contributed by atoms with Crippen LogP contribution in [0.3, 0.4) is 0 Å². The van der Waals surface area contributed by atoms with Crippen molar-refractivity contribution in [2.45, 2.75) is 26.4 Å². The van der Waals surface area contributed by atoms with Gasteiger partial charge in [-0.05, 0) is 26.8 Å². The molecule has 0 fully saturated rings. The third-order valence-corrected chi connectivity index (χ3v) is 3.03. The van der Waals surface area contributed by atoms with Gasteiger partial charge < -0.3 is 10.5 Å². The molecular weight excluding hydrogens is 274 g/mol. The molecule has 0 spiro atoms. The van der Waals surface area contributed by atoms with Crippen LogP contribution in [0.5, 0.6) is 0 Å². The molecule has 0 saturated carbocycles. The zero-order valence-electron chi connectivity index (χ0n) is 11.6. The van der Waals surface area contributed by atoms with Gasteiger partial charge in [0.25, 0.3) is 0 Å². The summed E-state index contributed by atoms with van der Waals surface area (Å²) in [7, 11) is 0. The Morgan fingerprint density at radius 1 is 1.35 bits per heavy atom. The second kappa shape index (κ2) is 5.50. The van der Waals surface area contributed by atoms with Gasteiger partial charge in [0, 0.05) is 10.9 Å². The predicted octanol–water partition coefficient (Wildman–Crippen LogP) is 3.74. The Kier molecular flexibility index (Phi) is 3.94. The van der Waals surface area contributed by atoms with Crippen LogP contribution in [0.2, 0.25) is 0 Å². The number of amides is 1. The van der Waals surface area contributed by atoms with E-state index < -0.39 is 11.7 Å². The van der Waals surface area contributed by atoms with Gasteiger partial charge in [0.2, 0.25) is 0 Å².